The summed E-state index contributed by atoms with van der Waals surface area (Å²) >= 11 is 1.20. The highest BCUT2D eigenvalue weighted by molar-refractivity contribution is 7.98. The number of benzene rings is 1. The lowest BCUT2D eigenvalue weighted by Crippen LogP contribution is -2.21. The summed E-state index contributed by atoms with van der Waals surface area (Å²) in [6.45, 7) is 0.300. The summed E-state index contributed by atoms with van der Waals surface area (Å²) < 4.78 is 38.3. The van der Waals surface area contributed by atoms with Gasteiger partial charge in [0.15, 0.2) is 6.29 Å². The highest BCUT2D eigenvalue weighted by Gasteiger charge is 2.14. The van der Waals surface area contributed by atoms with Crippen LogP contribution in [0.4, 0.5) is 8.78 Å². The third kappa shape index (κ3) is 4.19. The molecular formula is C12H14F2N4O2S. The summed E-state index contributed by atoms with van der Waals surface area (Å²) in [6, 6.07) is 3.33. The summed E-state index contributed by atoms with van der Waals surface area (Å²) in [5.74, 6) is -0.728. The lowest BCUT2D eigenvalue weighted by Gasteiger charge is -2.13. The molecule has 0 saturated carbocycles. The molecule has 0 saturated heterocycles. The fraction of sp³-hybridized carbons (Fsp3) is 0.417. The van der Waals surface area contributed by atoms with E-state index in [0.717, 1.165) is 18.2 Å². The van der Waals surface area contributed by atoms with Gasteiger partial charge in [-0.3, -0.25) is 0 Å². The average molecular weight is 316 g/mol. The second-order valence-electron chi connectivity index (χ2n) is 4.07. The number of nitrogens with zero attached hydrogens (tertiary/aromatic N) is 4. The predicted molar refractivity (Wildman–Crippen MR) is 71.5 cm³/mol. The maximum absolute atomic E-state index is 13.5. The molecule has 0 aliphatic heterocycles. The molecule has 0 unspecified atom stereocenters. The standard InChI is InChI=1S/C12H14F2N4O2S/c1-19-11(20-2)6-18-12(15-16-17-18)21-7-8-5-9(13)3-4-10(8)14/h3-5,11H,6-7H2,1-2H3. The predicted octanol–water partition coefficient (Wildman–Crippen LogP) is 1.86. The second-order valence-corrected chi connectivity index (χ2v) is 5.01. The van der Waals surface area contributed by atoms with Crippen LogP contribution >= 0.6 is 11.8 Å². The minimum absolute atomic E-state index is 0.217. The number of tetrazole rings is 1. The Morgan fingerprint density at radius 1 is 1.29 bits per heavy atom. The first-order valence-electron chi connectivity index (χ1n) is 6.02. The fourth-order valence-electron chi connectivity index (χ4n) is 1.60. The zero-order valence-electron chi connectivity index (χ0n) is 11.5. The van der Waals surface area contributed by atoms with Crippen LogP contribution < -0.4 is 0 Å². The normalized spacial score (nSPS) is 11.3. The third-order valence-corrected chi connectivity index (χ3v) is 3.72. The molecule has 0 atom stereocenters. The molecule has 0 bridgehead atoms. The number of halogens is 2. The number of thioether (sulfide) groups is 1. The molecule has 114 valence electrons. The van der Waals surface area contributed by atoms with Gasteiger partial charge in [0.05, 0.1) is 6.54 Å². The molecule has 1 aromatic carbocycles. The van der Waals surface area contributed by atoms with Crippen molar-refractivity contribution in [3.63, 3.8) is 0 Å². The van der Waals surface area contributed by atoms with Gasteiger partial charge in [-0.2, -0.15) is 0 Å². The van der Waals surface area contributed by atoms with Crippen molar-refractivity contribution in [3.05, 3.63) is 35.4 Å². The Hall–Kier alpha value is -1.58. The van der Waals surface area contributed by atoms with Gasteiger partial charge in [-0.15, -0.1) is 5.10 Å². The molecule has 0 spiro atoms. The van der Waals surface area contributed by atoms with E-state index in [9.17, 15) is 8.78 Å². The SMILES string of the molecule is COC(Cn1nnnc1SCc1cc(F)ccc1F)OC. The average Bonchev–Trinajstić information content (AvgIpc) is 2.93. The molecule has 1 aromatic heterocycles. The monoisotopic (exact) mass is 316 g/mol. The van der Waals surface area contributed by atoms with Crippen molar-refractivity contribution in [1.82, 2.24) is 20.2 Å². The summed E-state index contributed by atoms with van der Waals surface area (Å²) in [7, 11) is 3.01. The summed E-state index contributed by atoms with van der Waals surface area (Å²) in [5.41, 5.74) is 0.254. The molecule has 0 aliphatic carbocycles. The smallest absolute Gasteiger partial charge is 0.209 e. The summed E-state index contributed by atoms with van der Waals surface area (Å²) in [6.07, 6.45) is -0.487. The van der Waals surface area contributed by atoms with E-state index in [0.29, 0.717) is 11.7 Å². The molecule has 2 rings (SSSR count). The molecule has 0 fully saturated rings. The molecule has 0 N–H and O–H groups in total. The van der Waals surface area contributed by atoms with Gasteiger partial charge in [0.1, 0.15) is 11.6 Å². The fourth-order valence-corrected chi connectivity index (χ4v) is 2.46. The Morgan fingerprint density at radius 2 is 2.05 bits per heavy atom. The number of rotatable bonds is 7. The number of hydrogen-bond donors (Lipinski definition) is 0. The van der Waals surface area contributed by atoms with Gasteiger partial charge in [-0.25, -0.2) is 13.5 Å². The van der Waals surface area contributed by atoms with Crippen molar-refractivity contribution in [2.45, 2.75) is 23.7 Å². The van der Waals surface area contributed by atoms with E-state index in [1.54, 1.807) is 0 Å². The molecule has 1 heterocycles. The van der Waals surface area contributed by atoms with Crippen LogP contribution in [0.15, 0.2) is 23.4 Å². The van der Waals surface area contributed by atoms with Crippen LogP contribution in [0, 0.1) is 11.6 Å². The van der Waals surface area contributed by atoms with Crippen LogP contribution in [-0.4, -0.2) is 40.7 Å². The molecule has 9 heteroatoms. The molecule has 2 aromatic rings. The Bertz CT molecular complexity index is 592. The topological polar surface area (TPSA) is 62.1 Å². The summed E-state index contributed by atoms with van der Waals surface area (Å²) in [4.78, 5) is 0. The van der Waals surface area contributed by atoms with E-state index in [4.69, 9.17) is 9.47 Å². The largest absolute Gasteiger partial charge is 0.354 e. The Labute approximate surface area is 124 Å². The number of aromatic nitrogens is 4. The van der Waals surface area contributed by atoms with Gasteiger partial charge in [0, 0.05) is 25.5 Å². The van der Waals surface area contributed by atoms with Crippen molar-refractivity contribution < 1.29 is 18.3 Å². The van der Waals surface area contributed by atoms with Gasteiger partial charge >= 0.3 is 0 Å². The first kappa shape index (κ1) is 15.8. The van der Waals surface area contributed by atoms with Crippen molar-refractivity contribution in [2.75, 3.05) is 14.2 Å². The Morgan fingerprint density at radius 3 is 2.76 bits per heavy atom. The van der Waals surface area contributed by atoms with Crippen LogP contribution in [0.5, 0.6) is 0 Å². The van der Waals surface area contributed by atoms with Gasteiger partial charge in [-0.1, -0.05) is 11.8 Å². The summed E-state index contributed by atoms with van der Waals surface area (Å²) in [5, 5.41) is 11.7. The molecule has 21 heavy (non-hydrogen) atoms. The number of hydrogen-bond acceptors (Lipinski definition) is 6. The lowest BCUT2D eigenvalue weighted by atomic mass is 10.2. The van der Waals surface area contributed by atoms with Crippen LogP contribution in [0.1, 0.15) is 5.56 Å². The minimum atomic E-state index is -0.487. The van der Waals surface area contributed by atoms with E-state index in [1.807, 2.05) is 0 Å². The zero-order valence-corrected chi connectivity index (χ0v) is 12.3. The van der Waals surface area contributed by atoms with E-state index < -0.39 is 17.9 Å². The number of methoxy groups -OCH3 is 2. The van der Waals surface area contributed by atoms with Gasteiger partial charge < -0.3 is 9.47 Å². The van der Waals surface area contributed by atoms with Crippen molar-refractivity contribution >= 4 is 11.8 Å². The maximum atomic E-state index is 13.5. The van der Waals surface area contributed by atoms with E-state index in [1.165, 1.54) is 30.7 Å². The van der Waals surface area contributed by atoms with Crippen LogP contribution in [0.25, 0.3) is 0 Å². The first-order chi connectivity index (χ1) is 10.1. The van der Waals surface area contributed by atoms with Crippen molar-refractivity contribution in [2.24, 2.45) is 0 Å². The van der Waals surface area contributed by atoms with Crippen LogP contribution in [0.2, 0.25) is 0 Å². The van der Waals surface area contributed by atoms with Crippen molar-refractivity contribution in [1.29, 1.82) is 0 Å². The second kappa shape index (κ2) is 7.43. The van der Waals surface area contributed by atoms with E-state index in [-0.39, 0.29) is 11.3 Å². The van der Waals surface area contributed by atoms with Crippen LogP contribution in [-0.2, 0) is 21.8 Å². The molecule has 0 radical (unpaired) electrons. The third-order valence-electron chi connectivity index (χ3n) is 2.71. The highest BCUT2D eigenvalue weighted by Crippen LogP contribution is 2.22. The van der Waals surface area contributed by atoms with E-state index in [2.05, 4.69) is 15.5 Å². The zero-order chi connectivity index (χ0) is 15.2. The Balaban J connectivity index is 2.04. The quantitative estimate of drug-likeness (QED) is 0.574. The number of ether oxygens (including phenoxy) is 2. The minimum Gasteiger partial charge on any atom is -0.354 e. The van der Waals surface area contributed by atoms with Gasteiger partial charge in [0.25, 0.3) is 0 Å². The molecule has 6 nitrogen and oxygen atoms in total. The van der Waals surface area contributed by atoms with Crippen molar-refractivity contribution in [3.8, 4) is 0 Å². The molecule has 0 amide bonds. The maximum Gasteiger partial charge on any atom is 0.209 e. The molecular weight excluding hydrogens is 302 g/mol. The molecule has 0 aliphatic rings. The van der Waals surface area contributed by atoms with E-state index >= 15 is 0 Å². The highest BCUT2D eigenvalue weighted by atomic mass is 32.2. The van der Waals surface area contributed by atoms with Crippen LogP contribution in [0.3, 0.4) is 0 Å². The Kier molecular flexibility index (Phi) is 5.59. The van der Waals surface area contributed by atoms with Gasteiger partial charge in [-0.05, 0) is 28.6 Å². The first-order valence-corrected chi connectivity index (χ1v) is 7.01. The van der Waals surface area contributed by atoms with Gasteiger partial charge in [0.2, 0.25) is 5.16 Å². The lowest BCUT2D eigenvalue weighted by molar-refractivity contribution is -0.113.